The molecule has 0 aliphatic carbocycles. The van der Waals surface area contributed by atoms with E-state index < -0.39 is 17.8 Å². The third-order valence-corrected chi connectivity index (χ3v) is 6.02. The number of aryl methyl sites for hydroxylation is 1. The van der Waals surface area contributed by atoms with E-state index in [1.54, 1.807) is 12.5 Å². The molecule has 4 aromatic rings. The Balaban J connectivity index is 1.35. The number of hydrogen-bond donors (Lipinski definition) is 2. The number of alkyl carbamates (subject to hydrolysis) is 1. The van der Waals surface area contributed by atoms with Crippen LogP contribution in [0.5, 0.6) is 5.75 Å². The van der Waals surface area contributed by atoms with Gasteiger partial charge in [-0.25, -0.2) is 14.8 Å². The Morgan fingerprint density at radius 3 is 2.51 bits per heavy atom. The van der Waals surface area contributed by atoms with Gasteiger partial charge in [0, 0.05) is 38.2 Å². The topological polar surface area (TPSA) is 129 Å². The van der Waals surface area contributed by atoms with E-state index in [4.69, 9.17) is 14.2 Å². The summed E-state index contributed by atoms with van der Waals surface area (Å²) in [5.41, 5.74) is 4.19. The van der Waals surface area contributed by atoms with Gasteiger partial charge in [-0.15, -0.1) is 0 Å². The van der Waals surface area contributed by atoms with Crippen LogP contribution in [0.1, 0.15) is 38.7 Å². The Labute approximate surface area is 225 Å². The predicted octanol–water partition coefficient (Wildman–Crippen LogP) is 4.67. The average molecular weight is 531 g/mol. The fraction of sp³-hybridized carbons (Fsp3) is 0.321. The smallest absolute Gasteiger partial charge is 0.410 e. The lowest BCUT2D eigenvalue weighted by molar-refractivity contribution is -0.194. The number of fused-ring (bicyclic) bond motifs is 2. The molecule has 2 N–H and O–H groups in total. The number of esters is 1. The number of nitrogens with zero attached hydrogens (tertiary/aromatic N) is 4. The summed E-state index contributed by atoms with van der Waals surface area (Å²) in [6.07, 6.45) is 4.81. The van der Waals surface area contributed by atoms with Gasteiger partial charge in [0.2, 0.25) is 5.95 Å². The Morgan fingerprint density at radius 1 is 0.923 bits per heavy atom. The molecule has 11 nitrogen and oxygen atoms in total. The molecule has 0 atom stereocenters. The molecule has 0 fully saturated rings. The number of aromatic nitrogens is 4. The van der Waals surface area contributed by atoms with E-state index >= 15 is 0 Å². The van der Waals surface area contributed by atoms with Gasteiger partial charge in [-0.05, 0) is 61.2 Å². The van der Waals surface area contributed by atoms with Crippen molar-refractivity contribution in [2.45, 2.75) is 45.3 Å². The van der Waals surface area contributed by atoms with E-state index in [0.29, 0.717) is 48.9 Å². The van der Waals surface area contributed by atoms with Crippen LogP contribution in [0, 0.1) is 0 Å². The molecule has 0 saturated heterocycles. The Kier molecular flexibility index (Phi) is 7.57. The van der Waals surface area contributed by atoms with E-state index in [-0.39, 0.29) is 6.42 Å². The molecule has 7 rings (SSSR count). The number of anilines is 2. The lowest BCUT2D eigenvalue weighted by atomic mass is 10.1. The zero-order valence-electron chi connectivity index (χ0n) is 21.8. The van der Waals surface area contributed by atoms with Crippen LogP contribution >= 0.6 is 0 Å². The molecule has 0 spiro atoms. The SMILES string of the molecule is CC1(C)OC(=O)CCCOc2ccc(cc2)-n2cnc3cnc(nc32)Nc2ccc(cc2)CCCNC(=O)O1. The average Bonchev–Trinajstić information content (AvgIpc) is 3.33. The van der Waals surface area contributed by atoms with Crippen LogP contribution < -0.4 is 15.4 Å². The van der Waals surface area contributed by atoms with Crippen LogP contribution in [0.4, 0.5) is 16.4 Å². The first-order valence-electron chi connectivity index (χ1n) is 12.8. The molecule has 202 valence electrons. The van der Waals surface area contributed by atoms with Crippen LogP contribution in [-0.2, 0) is 20.7 Å². The summed E-state index contributed by atoms with van der Waals surface area (Å²) in [6, 6.07) is 15.5. The summed E-state index contributed by atoms with van der Waals surface area (Å²) in [4.78, 5) is 38.0. The summed E-state index contributed by atoms with van der Waals surface area (Å²) in [5, 5.41) is 5.95. The minimum Gasteiger partial charge on any atom is -0.494 e. The van der Waals surface area contributed by atoms with Gasteiger partial charge in [0.15, 0.2) is 5.65 Å². The number of amides is 1. The minimum absolute atomic E-state index is 0.127. The molecule has 1 amide bonds. The molecule has 3 aliphatic heterocycles. The predicted molar refractivity (Wildman–Crippen MR) is 144 cm³/mol. The first-order chi connectivity index (χ1) is 18.8. The van der Waals surface area contributed by atoms with E-state index in [0.717, 1.165) is 23.4 Å². The second-order valence-corrected chi connectivity index (χ2v) is 9.58. The molecular weight excluding hydrogens is 500 g/mol. The second-order valence-electron chi connectivity index (χ2n) is 9.58. The van der Waals surface area contributed by atoms with E-state index in [2.05, 4.69) is 25.6 Å². The Morgan fingerprint density at radius 2 is 1.72 bits per heavy atom. The summed E-state index contributed by atoms with van der Waals surface area (Å²) in [7, 11) is 0. The highest BCUT2D eigenvalue weighted by molar-refractivity contribution is 5.74. The van der Waals surface area contributed by atoms with Gasteiger partial charge < -0.3 is 24.8 Å². The highest BCUT2D eigenvalue weighted by Crippen LogP contribution is 2.22. The van der Waals surface area contributed by atoms with Crippen molar-refractivity contribution in [2.24, 2.45) is 0 Å². The second kappa shape index (κ2) is 11.4. The van der Waals surface area contributed by atoms with Crippen LogP contribution in [0.3, 0.4) is 0 Å². The molecule has 2 aromatic carbocycles. The molecule has 3 aliphatic rings. The number of nitrogens with one attached hydrogen (secondary N) is 2. The normalized spacial score (nSPS) is 16.7. The molecule has 0 radical (unpaired) electrons. The van der Waals surface area contributed by atoms with Gasteiger partial charge in [0.05, 0.1) is 12.8 Å². The number of carbonyl (C=O) groups excluding carboxylic acids is 2. The maximum atomic E-state index is 12.3. The van der Waals surface area contributed by atoms with Gasteiger partial charge in [0.1, 0.15) is 17.6 Å². The van der Waals surface area contributed by atoms with Crippen LogP contribution in [0.2, 0.25) is 0 Å². The van der Waals surface area contributed by atoms with Crippen LogP contribution in [-0.4, -0.2) is 50.5 Å². The van der Waals surface area contributed by atoms with E-state index in [1.807, 2.05) is 53.1 Å². The molecule has 0 unspecified atom stereocenters. The Bertz CT molecular complexity index is 1450. The lowest BCUT2D eigenvalue weighted by Crippen LogP contribution is -2.38. The molecule has 0 saturated carbocycles. The van der Waals surface area contributed by atoms with Gasteiger partial charge in [0.25, 0.3) is 5.79 Å². The highest BCUT2D eigenvalue weighted by Gasteiger charge is 2.27. The number of imidazole rings is 1. The van der Waals surface area contributed by atoms with E-state index in [1.165, 1.54) is 13.8 Å². The van der Waals surface area contributed by atoms with Crippen molar-refractivity contribution in [2.75, 3.05) is 18.5 Å². The van der Waals surface area contributed by atoms with Crippen molar-refractivity contribution in [1.29, 1.82) is 0 Å². The largest absolute Gasteiger partial charge is 0.494 e. The van der Waals surface area contributed by atoms with Crippen LogP contribution in [0.25, 0.3) is 16.9 Å². The number of hydrogen-bond acceptors (Lipinski definition) is 9. The number of rotatable bonds is 0. The number of ether oxygens (including phenoxy) is 3. The third kappa shape index (κ3) is 6.81. The number of carbonyl (C=O) groups is 2. The molecule has 11 heteroatoms. The Hall–Kier alpha value is -4.67. The first-order valence-corrected chi connectivity index (χ1v) is 12.8. The molecule has 39 heavy (non-hydrogen) atoms. The van der Waals surface area contributed by atoms with E-state index in [9.17, 15) is 9.59 Å². The summed E-state index contributed by atoms with van der Waals surface area (Å²) >= 11 is 0. The maximum absolute atomic E-state index is 12.3. The summed E-state index contributed by atoms with van der Waals surface area (Å²) < 4.78 is 18.3. The molecule has 5 heterocycles. The monoisotopic (exact) mass is 530 g/mol. The molecular formula is C28H30N6O5. The van der Waals surface area contributed by atoms with Gasteiger partial charge >= 0.3 is 12.1 Å². The highest BCUT2D eigenvalue weighted by atomic mass is 16.7. The van der Waals surface area contributed by atoms with Crippen LogP contribution in [0.15, 0.2) is 61.1 Å². The maximum Gasteiger partial charge on any atom is 0.410 e. The van der Waals surface area contributed by atoms with Gasteiger partial charge in [-0.2, -0.15) is 4.98 Å². The zero-order chi connectivity index (χ0) is 27.2. The first kappa shape index (κ1) is 26.0. The van der Waals surface area contributed by atoms with Crippen molar-refractivity contribution in [3.05, 3.63) is 66.6 Å². The summed E-state index contributed by atoms with van der Waals surface area (Å²) in [6.45, 7) is 3.81. The van der Waals surface area contributed by atoms with Crippen molar-refractivity contribution in [3.63, 3.8) is 0 Å². The quantitative estimate of drug-likeness (QED) is 0.312. The fourth-order valence-corrected chi connectivity index (χ4v) is 4.14. The standard InChI is InChI=1S/C28H30N6O5/c1-28(2)38-24(35)6-4-16-37-22-13-11-21(12-14-22)34-18-31-23-17-30-26(33-25(23)34)32-20-9-7-19(8-10-20)5-3-15-29-27(36)39-28/h7-14,17-18H,3-6,15-16H2,1-2H3,(H,29,36)(H,30,32,33). The minimum atomic E-state index is -1.38. The fourth-order valence-electron chi connectivity index (χ4n) is 4.14. The zero-order valence-corrected chi connectivity index (χ0v) is 21.8. The summed E-state index contributed by atoms with van der Waals surface area (Å²) in [5.74, 6) is -0.729. The van der Waals surface area contributed by atoms with Crippen molar-refractivity contribution in [1.82, 2.24) is 24.8 Å². The third-order valence-electron chi connectivity index (χ3n) is 6.02. The van der Waals surface area contributed by atoms with Crippen molar-refractivity contribution < 1.29 is 23.8 Å². The van der Waals surface area contributed by atoms with Crippen molar-refractivity contribution >= 4 is 34.9 Å². The van der Waals surface area contributed by atoms with Gasteiger partial charge in [-0.3, -0.25) is 9.36 Å². The van der Waals surface area contributed by atoms with Crippen molar-refractivity contribution in [3.8, 4) is 11.4 Å². The lowest BCUT2D eigenvalue weighted by Gasteiger charge is -2.25. The molecule has 2 aromatic heterocycles. The number of benzene rings is 2. The molecule has 6 bridgehead atoms. The van der Waals surface area contributed by atoms with Gasteiger partial charge in [-0.1, -0.05) is 12.1 Å².